The maximum absolute atomic E-state index is 2.47. The maximum Gasteiger partial charge on any atom is 0.0540 e. The van der Waals surface area contributed by atoms with Crippen molar-refractivity contribution in [3.05, 3.63) is 224 Å². The maximum atomic E-state index is 2.47. The number of para-hydroxylation sites is 2. The average molecular weight is 797 g/mol. The highest BCUT2D eigenvalue weighted by molar-refractivity contribution is 7.25. The minimum absolute atomic E-state index is 1.04. The summed E-state index contributed by atoms with van der Waals surface area (Å²) in [6, 6.07) is 75.9. The Morgan fingerprint density at radius 1 is 0.443 bits per heavy atom. The van der Waals surface area contributed by atoms with E-state index in [9.17, 15) is 0 Å². The van der Waals surface area contributed by atoms with Crippen molar-refractivity contribution < 1.29 is 0 Å². The second-order valence-electron chi connectivity index (χ2n) is 16.0. The Morgan fingerprint density at radius 2 is 1.10 bits per heavy atom. The van der Waals surface area contributed by atoms with Crippen LogP contribution in [0.4, 0.5) is 17.1 Å². The average Bonchev–Trinajstić information content (AvgIpc) is 3.88. The predicted octanol–water partition coefficient (Wildman–Crippen LogP) is 16.6. The molecular formula is C58H40N2S. The lowest BCUT2D eigenvalue weighted by molar-refractivity contribution is 0.889. The van der Waals surface area contributed by atoms with Gasteiger partial charge in [-0.3, -0.25) is 0 Å². The third-order valence-electron chi connectivity index (χ3n) is 12.5. The van der Waals surface area contributed by atoms with Crippen LogP contribution in [-0.4, -0.2) is 4.57 Å². The molecule has 12 rings (SSSR count). The number of anilines is 3. The van der Waals surface area contributed by atoms with Crippen molar-refractivity contribution in [1.29, 1.82) is 0 Å². The second kappa shape index (κ2) is 14.7. The van der Waals surface area contributed by atoms with Gasteiger partial charge >= 0.3 is 0 Å². The third kappa shape index (κ3) is 6.17. The van der Waals surface area contributed by atoms with Gasteiger partial charge in [0.15, 0.2) is 0 Å². The lowest BCUT2D eigenvalue weighted by Gasteiger charge is -2.28. The summed E-state index contributed by atoms with van der Waals surface area (Å²) >= 11 is 1.86. The molecule has 0 spiro atoms. The molecule has 0 bridgehead atoms. The number of thiophene rings is 1. The Morgan fingerprint density at radius 3 is 1.93 bits per heavy atom. The van der Waals surface area contributed by atoms with Crippen LogP contribution in [0.5, 0.6) is 0 Å². The van der Waals surface area contributed by atoms with E-state index >= 15 is 0 Å². The van der Waals surface area contributed by atoms with E-state index in [4.69, 9.17) is 0 Å². The van der Waals surface area contributed by atoms with Crippen molar-refractivity contribution >= 4 is 76.3 Å². The van der Waals surface area contributed by atoms with Crippen molar-refractivity contribution in [3.63, 3.8) is 0 Å². The normalized spacial score (nSPS) is 12.4. The lowest BCUT2D eigenvalue weighted by atomic mass is 9.98. The van der Waals surface area contributed by atoms with E-state index in [2.05, 4.69) is 228 Å². The quantitative estimate of drug-likeness (QED) is 0.156. The van der Waals surface area contributed by atoms with Gasteiger partial charge in [0.1, 0.15) is 0 Å². The molecule has 1 aliphatic carbocycles. The third-order valence-corrected chi connectivity index (χ3v) is 13.6. The molecule has 0 aliphatic heterocycles. The van der Waals surface area contributed by atoms with Gasteiger partial charge in [-0.1, -0.05) is 146 Å². The van der Waals surface area contributed by atoms with E-state index in [1.165, 1.54) is 92.2 Å². The molecule has 0 unspecified atom stereocenters. The highest BCUT2D eigenvalue weighted by atomic mass is 32.1. The monoisotopic (exact) mass is 796 g/mol. The number of aromatic nitrogens is 1. The first-order chi connectivity index (χ1) is 30.2. The number of rotatable bonds is 7. The molecule has 11 aromatic rings. The highest BCUT2D eigenvalue weighted by Gasteiger charge is 2.20. The molecule has 1 aliphatic rings. The van der Waals surface area contributed by atoms with Crippen LogP contribution in [0.1, 0.15) is 17.7 Å². The van der Waals surface area contributed by atoms with Gasteiger partial charge in [-0.2, -0.15) is 0 Å². The summed E-state index contributed by atoms with van der Waals surface area (Å²) in [4.78, 5) is 2.42. The SMILES string of the molecule is C1=Cc2c(n(-c3cccc(-c4ccc(N(c5ccc(-c6ccc7ccccc7c6)cc5)c5ccccc5-c5ccc6sc7ccccc7c6c5)cc4)c3)c3ccccc23)CC1. The number of hydrogen-bond acceptors (Lipinski definition) is 2. The van der Waals surface area contributed by atoms with Crippen LogP contribution in [0.15, 0.2) is 212 Å². The van der Waals surface area contributed by atoms with E-state index in [0.29, 0.717) is 0 Å². The molecule has 0 radical (unpaired) electrons. The smallest absolute Gasteiger partial charge is 0.0540 e. The number of benzene rings is 9. The molecule has 2 heterocycles. The first-order valence-electron chi connectivity index (χ1n) is 21.1. The van der Waals surface area contributed by atoms with Crippen molar-refractivity contribution in [1.82, 2.24) is 4.57 Å². The molecule has 2 nitrogen and oxygen atoms in total. The van der Waals surface area contributed by atoms with Gasteiger partial charge in [0.25, 0.3) is 0 Å². The Bertz CT molecular complexity index is 3480. The van der Waals surface area contributed by atoms with Gasteiger partial charge in [-0.05, 0) is 124 Å². The van der Waals surface area contributed by atoms with Crippen LogP contribution in [0.2, 0.25) is 0 Å². The minimum Gasteiger partial charge on any atom is -0.313 e. The topological polar surface area (TPSA) is 8.17 Å². The molecule has 0 saturated heterocycles. The van der Waals surface area contributed by atoms with E-state index in [1.54, 1.807) is 0 Å². The summed E-state index contributed by atoms with van der Waals surface area (Å²) in [6.45, 7) is 0. The summed E-state index contributed by atoms with van der Waals surface area (Å²) in [6.07, 6.45) is 6.72. The van der Waals surface area contributed by atoms with Gasteiger partial charge in [-0.15, -0.1) is 11.3 Å². The lowest BCUT2D eigenvalue weighted by Crippen LogP contribution is -2.11. The largest absolute Gasteiger partial charge is 0.313 e. The van der Waals surface area contributed by atoms with Crippen LogP contribution >= 0.6 is 11.3 Å². The van der Waals surface area contributed by atoms with Gasteiger partial charge in [0.2, 0.25) is 0 Å². The summed E-state index contributed by atoms with van der Waals surface area (Å²) < 4.78 is 5.10. The molecule has 0 atom stereocenters. The molecule has 9 aromatic carbocycles. The number of hydrogen-bond donors (Lipinski definition) is 0. The Balaban J connectivity index is 0.962. The zero-order valence-electron chi connectivity index (χ0n) is 33.5. The van der Waals surface area contributed by atoms with Crippen LogP contribution in [0, 0.1) is 0 Å². The number of nitrogens with zero attached hydrogens (tertiary/aromatic N) is 2. The van der Waals surface area contributed by atoms with E-state index in [1.807, 2.05) is 11.3 Å². The van der Waals surface area contributed by atoms with Crippen molar-refractivity contribution in [2.75, 3.05) is 4.90 Å². The Hall–Kier alpha value is -7.46. The van der Waals surface area contributed by atoms with Crippen LogP contribution < -0.4 is 4.90 Å². The highest BCUT2D eigenvalue weighted by Crippen LogP contribution is 2.44. The van der Waals surface area contributed by atoms with Crippen molar-refractivity contribution in [3.8, 4) is 39.1 Å². The zero-order valence-corrected chi connectivity index (χ0v) is 34.3. The van der Waals surface area contributed by atoms with Crippen molar-refractivity contribution in [2.24, 2.45) is 0 Å². The number of fused-ring (bicyclic) bond motifs is 7. The molecule has 3 heteroatoms. The van der Waals surface area contributed by atoms with Crippen LogP contribution in [0.3, 0.4) is 0 Å². The van der Waals surface area contributed by atoms with E-state index in [-0.39, 0.29) is 0 Å². The van der Waals surface area contributed by atoms with E-state index in [0.717, 1.165) is 29.9 Å². The van der Waals surface area contributed by atoms with Gasteiger partial charge in [0, 0.05) is 59.4 Å². The molecule has 61 heavy (non-hydrogen) atoms. The standard InChI is InChI=1S/C58H40N2S/c1-2-13-42-36-44(25-24-39(42)12-1)41-28-33-47(34-29-41)59(54-20-7-3-16-49(54)45-30-35-58-53(38-45)52-19-6-10-23-57(52)61-58)46-31-26-40(27-32-46)43-14-11-15-48(37-43)60-55-21-8-4-17-50(55)51-18-5-9-22-56(51)60/h1-8,10-21,23-38H,9,22H2. The fourth-order valence-electron chi connectivity index (χ4n) is 9.50. The Labute approximate surface area is 359 Å². The van der Waals surface area contributed by atoms with E-state index < -0.39 is 0 Å². The zero-order chi connectivity index (χ0) is 40.3. The van der Waals surface area contributed by atoms with Gasteiger partial charge in [-0.25, -0.2) is 0 Å². The van der Waals surface area contributed by atoms with Gasteiger partial charge < -0.3 is 9.47 Å². The predicted molar refractivity (Wildman–Crippen MR) is 262 cm³/mol. The summed E-state index contributed by atoms with van der Waals surface area (Å²) in [5.41, 5.74) is 15.7. The summed E-state index contributed by atoms with van der Waals surface area (Å²) in [7, 11) is 0. The molecule has 288 valence electrons. The number of allylic oxidation sites excluding steroid dienone is 1. The Kier molecular flexibility index (Phi) is 8.53. The molecule has 0 saturated carbocycles. The molecule has 0 amide bonds. The minimum atomic E-state index is 1.04. The summed E-state index contributed by atoms with van der Waals surface area (Å²) in [5.74, 6) is 0. The molecule has 2 aromatic heterocycles. The first-order valence-corrected chi connectivity index (χ1v) is 21.9. The summed E-state index contributed by atoms with van der Waals surface area (Å²) in [5, 5.41) is 6.43. The fraction of sp³-hybridized carbons (Fsp3) is 0.0345. The molecule has 0 fully saturated rings. The van der Waals surface area contributed by atoms with Crippen LogP contribution in [-0.2, 0) is 6.42 Å². The molecule has 0 N–H and O–H groups in total. The van der Waals surface area contributed by atoms with Crippen LogP contribution in [0.25, 0.3) is 87.0 Å². The first kappa shape index (κ1) is 35.5. The fourth-order valence-corrected chi connectivity index (χ4v) is 10.6. The van der Waals surface area contributed by atoms with Crippen molar-refractivity contribution in [2.45, 2.75) is 12.8 Å². The molecular weight excluding hydrogens is 757 g/mol. The second-order valence-corrected chi connectivity index (χ2v) is 17.1. The van der Waals surface area contributed by atoms with Gasteiger partial charge in [0.05, 0.1) is 11.2 Å².